The predicted molar refractivity (Wildman–Crippen MR) is 71.7 cm³/mol. The zero-order valence-electron chi connectivity index (χ0n) is 11.4. The average molecular weight is 254 g/mol. The number of Topliss-reactive ketones (excluding diaryl/α,β-unsaturated/α-hetero) is 1. The molecule has 0 aliphatic carbocycles. The van der Waals surface area contributed by atoms with Gasteiger partial charge in [0.15, 0.2) is 11.9 Å². The van der Waals surface area contributed by atoms with Crippen molar-refractivity contribution in [2.75, 3.05) is 0 Å². The van der Waals surface area contributed by atoms with Crippen molar-refractivity contribution in [1.82, 2.24) is 0 Å². The summed E-state index contributed by atoms with van der Waals surface area (Å²) in [7, 11) is 0. The maximum Gasteiger partial charge on any atom is 0.332 e. The molecule has 0 spiro atoms. The van der Waals surface area contributed by atoms with Crippen molar-refractivity contribution < 1.29 is 19.8 Å². The van der Waals surface area contributed by atoms with Gasteiger partial charge in [0.2, 0.25) is 0 Å². The van der Waals surface area contributed by atoms with Gasteiger partial charge < -0.3 is 10.2 Å². The number of ketones is 1. The number of hydrogen-bond acceptors (Lipinski definition) is 3. The Balaban J connectivity index is 0. The minimum absolute atomic E-state index is 0.375. The lowest BCUT2D eigenvalue weighted by Crippen LogP contribution is -2.23. The molecule has 0 radical (unpaired) electrons. The molecule has 0 saturated heterocycles. The molecule has 0 aliphatic heterocycles. The van der Waals surface area contributed by atoms with Crippen molar-refractivity contribution in [3.8, 4) is 0 Å². The number of aliphatic carboxylic acids is 1. The van der Waals surface area contributed by atoms with Gasteiger partial charge in [0.05, 0.1) is 0 Å². The number of carbonyl (C=O) groups excluding carboxylic acids is 1. The molecule has 4 heteroatoms. The maximum atomic E-state index is 11.3. The van der Waals surface area contributed by atoms with Crippen molar-refractivity contribution in [2.24, 2.45) is 0 Å². The summed E-state index contributed by atoms with van der Waals surface area (Å²) >= 11 is 0. The summed E-state index contributed by atoms with van der Waals surface area (Å²) in [6, 6.07) is 8.28. The second-order valence-corrected chi connectivity index (χ2v) is 2.85. The molecule has 0 saturated carbocycles. The van der Waals surface area contributed by atoms with E-state index in [1.54, 1.807) is 30.3 Å². The lowest BCUT2D eigenvalue weighted by atomic mass is 10.1. The van der Waals surface area contributed by atoms with Crippen LogP contribution in [0.3, 0.4) is 0 Å². The normalized spacial score (nSPS) is 10.1. The van der Waals surface area contributed by atoms with Gasteiger partial charge in [0.1, 0.15) is 0 Å². The molecule has 1 aromatic carbocycles. The summed E-state index contributed by atoms with van der Waals surface area (Å²) in [5.74, 6) is -1.75. The third-order valence-electron chi connectivity index (χ3n) is 1.76. The molecule has 0 amide bonds. The molecule has 1 rings (SSSR count). The number of rotatable bonds is 4. The van der Waals surface area contributed by atoms with Crippen LogP contribution in [0.1, 0.15) is 44.5 Å². The smallest absolute Gasteiger partial charge is 0.332 e. The van der Waals surface area contributed by atoms with E-state index < -0.39 is 12.1 Å². The van der Waals surface area contributed by atoms with E-state index in [1.165, 1.54) is 0 Å². The summed E-state index contributed by atoms with van der Waals surface area (Å²) in [5.41, 5.74) is 0.410. The zero-order chi connectivity index (χ0) is 14.6. The number of carbonyl (C=O) groups is 2. The summed E-state index contributed by atoms with van der Waals surface area (Å²) in [6.45, 7) is 8.00. The van der Waals surface area contributed by atoms with Gasteiger partial charge >= 0.3 is 5.97 Å². The highest BCUT2D eigenvalue weighted by Crippen LogP contribution is 2.05. The molecule has 0 heterocycles. The van der Waals surface area contributed by atoms with E-state index in [-0.39, 0.29) is 12.2 Å². The molecule has 4 nitrogen and oxygen atoms in total. The van der Waals surface area contributed by atoms with Crippen molar-refractivity contribution in [3.05, 3.63) is 35.9 Å². The average Bonchev–Trinajstić information content (AvgIpc) is 2.44. The highest BCUT2D eigenvalue weighted by atomic mass is 16.4. The molecule has 0 bridgehead atoms. The Morgan fingerprint density at radius 2 is 1.50 bits per heavy atom. The molecule has 2 N–H and O–H groups in total. The van der Waals surface area contributed by atoms with Crippen LogP contribution in [0.15, 0.2) is 30.3 Å². The van der Waals surface area contributed by atoms with Gasteiger partial charge in [-0.05, 0) is 0 Å². The number of carboxylic acids is 1. The van der Waals surface area contributed by atoms with E-state index in [9.17, 15) is 9.59 Å². The molecule has 0 aromatic heterocycles. The molecule has 1 unspecified atom stereocenters. The lowest BCUT2D eigenvalue weighted by molar-refractivity contribution is -0.146. The van der Waals surface area contributed by atoms with Crippen LogP contribution < -0.4 is 0 Å². The van der Waals surface area contributed by atoms with Gasteiger partial charge in [-0.3, -0.25) is 4.79 Å². The van der Waals surface area contributed by atoms with Crippen molar-refractivity contribution in [3.63, 3.8) is 0 Å². The summed E-state index contributed by atoms with van der Waals surface area (Å²) in [6.07, 6.45) is -2.01. The second-order valence-electron chi connectivity index (χ2n) is 2.85. The Kier molecular flexibility index (Phi) is 12.2. The predicted octanol–water partition coefficient (Wildman–Crippen LogP) is 2.76. The monoisotopic (exact) mass is 254 g/mol. The Hall–Kier alpha value is -1.68. The Morgan fingerprint density at radius 3 is 1.89 bits per heavy atom. The summed E-state index contributed by atoms with van der Waals surface area (Å²) in [5, 5.41) is 17.3. The van der Waals surface area contributed by atoms with Gasteiger partial charge in [-0.25, -0.2) is 4.79 Å². The number of aliphatic hydroxyl groups is 1. The van der Waals surface area contributed by atoms with Gasteiger partial charge in [-0.15, -0.1) is 0 Å². The fraction of sp³-hybridized carbons (Fsp3) is 0.429. The zero-order valence-corrected chi connectivity index (χ0v) is 11.4. The third kappa shape index (κ3) is 7.57. The third-order valence-corrected chi connectivity index (χ3v) is 1.76. The van der Waals surface area contributed by atoms with E-state index in [0.29, 0.717) is 5.56 Å². The van der Waals surface area contributed by atoms with Crippen LogP contribution in [0.4, 0.5) is 0 Å². The van der Waals surface area contributed by atoms with Gasteiger partial charge in [0, 0.05) is 12.0 Å². The molecular weight excluding hydrogens is 232 g/mol. The highest BCUT2D eigenvalue weighted by Gasteiger charge is 2.18. The first-order valence-electron chi connectivity index (χ1n) is 6.10. The second kappa shape index (κ2) is 11.8. The van der Waals surface area contributed by atoms with Crippen LogP contribution in [0.5, 0.6) is 0 Å². The van der Waals surface area contributed by atoms with Crippen molar-refractivity contribution in [1.29, 1.82) is 0 Å². The number of carboxylic acid groups (broad SMARTS) is 1. The Labute approximate surface area is 108 Å². The lowest BCUT2D eigenvalue weighted by Gasteiger charge is -2.03. The van der Waals surface area contributed by atoms with Crippen LogP contribution >= 0.6 is 0 Å². The van der Waals surface area contributed by atoms with E-state index in [0.717, 1.165) is 0 Å². The Bertz CT molecular complexity index is 333. The standard InChI is InChI=1S/C10H10O4.2C2H6/c11-8(6-9(12)10(13)14)7-4-2-1-3-5-7;2*1-2/h1-5,9,12H,6H2,(H,13,14);2*1-2H3. The molecule has 1 atom stereocenters. The number of hydrogen-bond donors (Lipinski definition) is 2. The molecule has 102 valence electrons. The summed E-state index contributed by atoms with van der Waals surface area (Å²) in [4.78, 5) is 21.6. The largest absolute Gasteiger partial charge is 0.479 e. The fourth-order valence-electron chi connectivity index (χ4n) is 1.00. The number of benzene rings is 1. The molecule has 0 aliphatic rings. The van der Waals surface area contributed by atoms with Crippen molar-refractivity contribution in [2.45, 2.75) is 40.2 Å². The highest BCUT2D eigenvalue weighted by molar-refractivity contribution is 5.98. The fourth-order valence-corrected chi connectivity index (χ4v) is 1.00. The minimum atomic E-state index is -1.62. The van der Waals surface area contributed by atoms with Crippen LogP contribution in [-0.2, 0) is 4.79 Å². The number of aliphatic hydroxyl groups excluding tert-OH is 1. The first-order chi connectivity index (χ1) is 8.61. The van der Waals surface area contributed by atoms with Crippen LogP contribution in [0, 0.1) is 0 Å². The van der Waals surface area contributed by atoms with Gasteiger partial charge in [0.25, 0.3) is 0 Å². The van der Waals surface area contributed by atoms with E-state index >= 15 is 0 Å². The topological polar surface area (TPSA) is 74.6 Å². The first-order valence-corrected chi connectivity index (χ1v) is 6.10. The first kappa shape index (κ1) is 18.7. The molecule has 0 fully saturated rings. The van der Waals surface area contributed by atoms with E-state index in [1.807, 2.05) is 27.7 Å². The van der Waals surface area contributed by atoms with E-state index in [4.69, 9.17) is 10.2 Å². The maximum absolute atomic E-state index is 11.3. The SMILES string of the molecule is CC.CC.O=C(CC(O)C(=O)O)c1ccccc1. The van der Waals surface area contributed by atoms with Crippen LogP contribution in [0.25, 0.3) is 0 Å². The Morgan fingerprint density at radius 1 is 1.06 bits per heavy atom. The van der Waals surface area contributed by atoms with Crippen LogP contribution in [0.2, 0.25) is 0 Å². The quantitative estimate of drug-likeness (QED) is 0.810. The van der Waals surface area contributed by atoms with Gasteiger partial charge in [-0.2, -0.15) is 0 Å². The minimum Gasteiger partial charge on any atom is -0.479 e. The van der Waals surface area contributed by atoms with Gasteiger partial charge in [-0.1, -0.05) is 58.0 Å². The van der Waals surface area contributed by atoms with Crippen LogP contribution in [-0.4, -0.2) is 28.1 Å². The van der Waals surface area contributed by atoms with Crippen molar-refractivity contribution >= 4 is 11.8 Å². The van der Waals surface area contributed by atoms with E-state index in [2.05, 4.69) is 0 Å². The molecule has 18 heavy (non-hydrogen) atoms. The molecule has 1 aromatic rings. The molecular formula is C14H22O4. The summed E-state index contributed by atoms with van der Waals surface area (Å²) < 4.78 is 0.